The Morgan fingerprint density at radius 3 is 1.97 bits per heavy atom. The van der Waals surface area contributed by atoms with Crippen LogP contribution in [0.1, 0.15) is 47.8 Å². The van der Waals surface area contributed by atoms with E-state index < -0.39 is 5.92 Å². The molecule has 1 saturated heterocycles. The van der Waals surface area contributed by atoms with Gasteiger partial charge in [-0.2, -0.15) is 0 Å². The minimum Gasteiger partial charge on any atom is -0.355 e. The molecule has 0 bridgehead atoms. The van der Waals surface area contributed by atoms with Crippen LogP contribution in [0.15, 0.2) is 72.8 Å². The van der Waals surface area contributed by atoms with Crippen molar-refractivity contribution in [2.24, 2.45) is 0 Å². The molecule has 0 atom stereocenters. The van der Waals surface area contributed by atoms with Crippen molar-refractivity contribution in [1.29, 1.82) is 0 Å². The van der Waals surface area contributed by atoms with E-state index in [1.165, 1.54) is 30.3 Å². The second-order valence-corrected chi connectivity index (χ2v) is 8.82. The zero-order chi connectivity index (χ0) is 23.9. The number of benzene rings is 3. The van der Waals surface area contributed by atoms with E-state index >= 15 is 0 Å². The molecule has 3 nitrogen and oxygen atoms in total. The maximum absolute atomic E-state index is 14.1. The topological polar surface area (TPSA) is 32.3 Å². The normalized spacial score (nSPS) is 14.9. The molecule has 6 heteroatoms. The molecule has 1 N–H and O–H groups in total. The number of likely N-dealkylation sites (tertiary alicyclic amines) is 1. The van der Waals surface area contributed by atoms with Crippen molar-refractivity contribution in [3.63, 3.8) is 0 Å². The Labute approximate surface area is 198 Å². The standard InChI is InChI=1S/C28H29F3N2O/c29-23-10-6-21(7-11-23)27(22-8-12-24(30)13-9-22)28(34)32-16-3-17-33-18-14-20(15-19-33)25-4-1-2-5-26(25)31/h1-2,4-13,20,27H,3,14-19H2,(H,32,34). The number of hydrogen-bond donors (Lipinski definition) is 1. The summed E-state index contributed by atoms with van der Waals surface area (Å²) in [6, 6.07) is 18.6. The third-order valence-corrected chi connectivity index (χ3v) is 6.55. The summed E-state index contributed by atoms with van der Waals surface area (Å²) in [6.07, 6.45) is 2.63. The second-order valence-electron chi connectivity index (χ2n) is 8.82. The summed E-state index contributed by atoms with van der Waals surface area (Å²) in [5, 5.41) is 2.99. The Balaban J connectivity index is 1.28. The SMILES string of the molecule is O=C(NCCCN1CCC(c2ccccc2F)CC1)C(c1ccc(F)cc1)c1ccc(F)cc1. The number of nitrogens with one attached hydrogen (secondary N) is 1. The molecular weight excluding hydrogens is 437 g/mol. The first-order valence-electron chi connectivity index (χ1n) is 11.8. The molecule has 178 valence electrons. The summed E-state index contributed by atoms with van der Waals surface area (Å²) >= 11 is 0. The van der Waals surface area contributed by atoms with Crippen LogP contribution in [-0.4, -0.2) is 37.0 Å². The van der Waals surface area contributed by atoms with Gasteiger partial charge in [-0.15, -0.1) is 0 Å². The largest absolute Gasteiger partial charge is 0.355 e. The summed E-state index contributed by atoms with van der Waals surface area (Å²) in [7, 11) is 0. The van der Waals surface area contributed by atoms with Gasteiger partial charge in [-0.3, -0.25) is 4.79 Å². The quantitative estimate of drug-likeness (QED) is 0.437. The van der Waals surface area contributed by atoms with Crippen LogP contribution in [0.3, 0.4) is 0 Å². The van der Waals surface area contributed by atoms with Gasteiger partial charge >= 0.3 is 0 Å². The minimum atomic E-state index is -0.641. The minimum absolute atomic E-state index is 0.125. The molecule has 1 heterocycles. The van der Waals surface area contributed by atoms with Gasteiger partial charge in [-0.05, 0) is 91.8 Å². The summed E-state index contributed by atoms with van der Waals surface area (Å²) in [5.74, 6) is -1.46. The first-order chi connectivity index (χ1) is 16.5. The predicted octanol–water partition coefficient (Wildman–Crippen LogP) is 5.62. The van der Waals surface area contributed by atoms with Crippen molar-refractivity contribution in [3.8, 4) is 0 Å². The molecule has 1 amide bonds. The van der Waals surface area contributed by atoms with E-state index in [0.29, 0.717) is 17.7 Å². The van der Waals surface area contributed by atoms with Crippen LogP contribution in [0.2, 0.25) is 0 Å². The van der Waals surface area contributed by atoms with Gasteiger partial charge < -0.3 is 10.2 Å². The number of hydrogen-bond acceptors (Lipinski definition) is 2. The van der Waals surface area contributed by atoms with Gasteiger partial charge in [-0.1, -0.05) is 42.5 Å². The molecule has 1 aliphatic heterocycles. The lowest BCUT2D eigenvalue weighted by atomic mass is 9.89. The predicted molar refractivity (Wildman–Crippen MR) is 127 cm³/mol. The summed E-state index contributed by atoms with van der Waals surface area (Å²) in [4.78, 5) is 15.4. The van der Waals surface area contributed by atoms with E-state index in [0.717, 1.165) is 44.5 Å². The molecule has 1 fully saturated rings. The highest BCUT2D eigenvalue weighted by Gasteiger charge is 2.24. The van der Waals surface area contributed by atoms with Gasteiger partial charge in [0.1, 0.15) is 17.5 Å². The van der Waals surface area contributed by atoms with Crippen LogP contribution in [0, 0.1) is 17.5 Å². The van der Waals surface area contributed by atoms with Crippen LogP contribution < -0.4 is 5.32 Å². The van der Waals surface area contributed by atoms with E-state index in [9.17, 15) is 18.0 Å². The van der Waals surface area contributed by atoms with Crippen LogP contribution in [-0.2, 0) is 4.79 Å². The number of carbonyl (C=O) groups is 1. The Bertz CT molecular complexity index is 1030. The fourth-order valence-electron chi connectivity index (χ4n) is 4.70. The number of halogens is 3. The number of nitrogens with zero attached hydrogens (tertiary/aromatic N) is 1. The smallest absolute Gasteiger partial charge is 0.232 e. The summed E-state index contributed by atoms with van der Waals surface area (Å²) < 4.78 is 40.9. The van der Waals surface area contributed by atoms with E-state index in [1.807, 2.05) is 12.1 Å². The lowest BCUT2D eigenvalue weighted by Gasteiger charge is -2.32. The van der Waals surface area contributed by atoms with Crippen molar-refractivity contribution in [2.75, 3.05) is 26.2 Å². The zero-order valence-electron chi connectivity index (χ0n) is 19.0. The maximum atomic E-state index is 14.1. The van der Waals surface area contributed by atoms with E-state index in [4.69, 9.17) is 0 Å². The number of carbonyl (C=O) groups excluding carboxylic acids is 1. The van der Waals surface area contributed by atoms with Crippen molar-refractivity contribution < 1.29 is 18.0 Å². The Hall–Kier alpha value is -3.12. The number of piperidine rings is 1. The van der Waals surface area contributed by atoms with Crippen molar-refractivity contribution in [1.82, 2.24) is 10.2 Å². The average molecular weight is 467 g/mol. The molecule has 0 aliphatic carbocycles. The van der Waals surface area contributed by atoms with Crippen LogP contribution >= 0.6 is 0 Å². The van der Waals surface area contributed by atoms with Crippen LogP contribution in [0.4, 0.5) is 13.2 Å². The Morgan fingerprint density at radius 1 is 0.853 bits per heavy atom. The van der Waals surface area contributed by atoms with E-state index in [2.05, 4.69) is 10.2 Å². The molecular formula is C28H29F3N2O. The van der Waals surface area contributed by atoms with Crippen molar-refractivity contribution >= 4 is 5.91 Å². The molecule has 0 aromatic heterocycles. The molecule has 1 aliphatic rings. The molecule has 3 aromatic rings. The third kappa shape index (κ3) is 6.06. The maximum Gasteiger partial charge on any atom is 0.232 e. The van der Waals surface area contributed by atoms with Gasteiger partial charge in [0, 0.05) is 6.54 Å². The van der Waals surface area contributed by atoms with Gasteiger partial charge in [0.25, 0.3) is 0 Å². The summed E-state index contributed by atoms with van der Waals surface area (Å²) in [6.45, 7) is 3.16. The van der Waals surface area contributed by atoms with Crippen LogP contribution in [0.25, 0.3) is 0 Å². The molecule has 0 radical (unpaired) electrons. The van der Waals surface area contributed by atoms with Gasteiger partial charge in [0.15, 0.2) is 0 Å². The zero-order valence-corrected chi connectivity index (χ0v) is 19.0. The van der Waals surface area contributed by atoms with Gasteiger partial charge in [0.05, 0.1) is 5.92 Å². The Morgan fingerprint density at radius 2 is 1.41 bits per heavy atom. The lowest BCUT2D eigenvalue weighted by molar-refractivity contribution is -0.121. The highest BCUT2D eigenvalue weighted by Crippen LogP contribution is 2.30. The fourth-order valence-corrected chi connectivity index (χ4v) is 4.70. The second kappa shape index (κ2) is 11.3. The molecule has 0 unspecified atom stereocenters. The van der Waals surface area contributed by atoms with Crippen LogP contribution in [0.5, 0.6) is 0 Å². The fraction of sp³-hybridized carbons (Fsp3) is 0.321. The Kier molecular flexibility index (Phi) is 8.01. The number of rotatable bonds is 8. The average Bonchev–Trinajstić information content (AvgIpc) is 2.85. The first-order valence-corrected chi connectivity index (χ1v) is 11.8. The summed E-state index contributed by atoms with van der Waals surface area (Å²) in [5.41, 5.74) is 2.11. The van der Waals surface area contributed by atoms with E-state index in [1.54, 1.807) is 30.3 Å². The molecule has 3 aromatic carbocycles. The van der Waals surface area contributed by atoms with Gasteiger partial charge in [0.2, 0.25) is 5.91 Å². The first kappa shape index (κ1) is 24.0. The van der Waals surface area contributed by atoms with Gasteiger partial charge in [-0.25, -0.2) is 13.2 Å². The van der Waals surface area contributed by atoms with Crippen molar-refractivity contribution in [2.45, 2.75) is 31.1 Å². The highest BCUT2D eigenvalue weighted by molar-refractivity contribution is 5.87. The molecule has 0 spiro atoms. The monoisotopic (exact) mass is 466 g/mol. The highest BCUT2D eigenvalue weighted by atomic mass is 19.1. The third-order valence-electron chi connectivity index (χ3n) is 6.55. The molecule has 4 rings (SSSR count). The lowest BCUT2D eigenvalue weighted by Crippen LogP contribution is -2.36. The van der Waals surface area contributed by atoms with Crippen molar-refractivity contribution in [3.05, 3.63) is 107 Å². The molecule has 34 heavy (non-hydrogen) atoms. The molecule has 0 saturated carbocycles. The van der Waals surface area contributed by atoms with E-state index in [-0.39, 0.29) is 29.3 Å². The number of amides is 1.